The zero-order valence-electron chi connectivity index (χ0n) is 13.5. The molecular formula is C16H19N3O5. The zero-order valence-corrected chi connectivity index (χ0v) is 13.5. The first-order chi connectivity index (χ1) is 11.5. The molecule has 1 N–H and O–H groups in total. The lowest BCUT2D eigenvalue weighted by atomic mass is 10.2. The minimum absolute atomic E-state index is 0.114. The topological polar surface area (TPSA) is 103 Å². The summed E-state index contributed by atoms with van der Waals surface area (Å²) in [5.41, 5.74) is 0.620. The maximum atomic E-state index is 11.7. The van der Waals surface area contributed by atoms with Crippen molar-refractivity contribution in [2.75, 3.05) is 13.2 Å². The number of carbonyl (C=O) groups is 2. The number of carbonyl (C=O) groups excluding carboxylic acids is 2. The first-order valence-electron chi connectivity index (χ1n) is 7.51. The van der Waals surface area contributed by atoms with E-state index in [-0.39, 0.29) is 5.89 Å². The molecule has 24 heavy (non-hydrogen) atoms. The van der Waals surface area contributed by atoms with E-state index in [2.05, 4.69) is 10.4 Å². The van der Waals surface area contributed by atoms with E-state index in [9.17, 15) is 14.4 Å². The molecule has 0 saturated heterocycles. The molecule has 2 aromatic rings. The van der Waals surface area contributed by atoms with Gasteiger partial charge in [0.05, 0.1) is 0 Å². The molecule has 0 unspecified atom stereocenters. The van der Waals surface area contributed by atoms with Crippen LogP contribution in [0.15, 0.2) is 39.5 Å². The van der Waals surface area contributed by atoms with Crippen molar-refractivity contribution in [2.24, 2.45) is 5.92 Å². The summed E-state index contributed by atoms with van der Waals surface area (Å²) in [7, 11) is 0. The highest BCUT2D eigenvalue weighted by Gasteiger charge is 2.15. The van der Waals surface area contributed by atoms with E-state index < -0.39 is 30.8 Å². The molecule has 0 aliphatic heterocycles. The Bertz CT molecular complexity index is 749. The number of esters is 1. The fourth-order valence-electron chi connectivity index (χ4n) is 1.79. The van der Waals surface area contributed by atoms with Gasteiger partial charge in [0.25, 0.3) is 5.91 Å². The third kappa shape index (κ3) is 5.08. The van der Waals surface area contributed by atoms with Gasteiger partial charge in [-0.2, -0.15) is 4.68 Å². The molecule has 1 aromatic heterocycles. The van der Waals surface area contributed by atoms with E-state index in [1.54, 1.807) is 24.3 Å². The predicted molar refractivity (Wildman–Crippen MR) is 85.0 cm³/mol. The van der Waals surface area contributed by atoms with Crippen LogP contribution in [0.25, 0.3) is 11.5 Å². The fraction of sp³-hybridized carbons (Fsp3) is 0.375. The summed E-state index contributed by atoms with van der Waals surface area (Å²) in [6.07, 6.45) is 0. The average Bonchev–Trinajstić information content (AvgIpc) is 2.92. The van der Waals surface area contributed by atoms with Crippen LogP contribution in [0.2, 0.25) is 0 Å². The lowest BCUT2D eigenvalue weighted by molar-refractivity contribution is -0.149. The van der Waals surface area contributed by atoms with Gasteiger partial charge in [-0.15, -0.1) is 5.10 Å². The molecule has 1 heterocycles. The molecule has 1 aromatic carbocycles. The van der Waals surface area contributed by atoms with E-state index in [1.807, 2.05) is 19.9 Å². The number of nitrogens with zero attached hydrogens (tertiary/aromatic N) is 2. The van der Waals surface area contributed by atoms with Gasteiger partial charge in [-0.25, -0.2) is 4.79 Å². The first kappa shape index (κ1) is 17.5. The first-order valence-corrected chi connectivity index (χ1v) is 7.51. The average molecular weight is 333 g/mol. The summed E-state index contributed by atoms with van der Waals surface area (Å²) in [6, 6.07) is 8.83. The van der Waals surface area contributed by atoms with Crippen LogP contribution in [0.4, 0.5) is 0 Å². The Labute approximate surface area is 138 Å². The third-order valence-electron chi connectivity index (χ3n) is 2.98. The normalized spacial score (nSPS) is 10.6. The number of hydrogen-bond acceptors (Lipinski definition) is 6. The summed E-state index contributed by atoms with van der Waals surface area (Å²) < 4.78 is 10.7. The standard InChI is InChI=1S/C16H19N3O5/c1-11(2)8-17-13(20)10-23-14(21)9-19-16(22)24-15(18-19)12-6-4-3-5-7-12/h3-7,11H,8-10H2,1-2H3,(H,17,20). The zero-order chi connectivity index (χ0) is 17.5. The summed E-state index contributed by atoms with van der Waals surface area (Å²) in [5.74, 6) is -1.49. The van der Waals surface area contributed by atoms with Crippen LogP contribution < -0.4 is 11.1 Å². The van der Waals surface area contributed by atoms with Gasteiger partial charge in [0.15, 0.2) is 6.61 Å². The molecule has 0 aliphatic rings. The van der Waals surface area contributed by atoms with Gasteiger partial charge < -0.3 is 14.5 Å². The summed E-state index contributed by atoms with van der Waals surface area (Å²) in [5, 5.41) is 6.56. The highest BCUT2D eigenvalue weighted by Crippen LogP contribution is 2.13. The SMILES string of the molecule is CC(C)CNC(=O)COC(=O)Cn1nc(-c2ccccc2)oc1=O. The molecule has 8 nitrogen and oxygen atoms in total. The fourth-order valence-corrected chi connectivity index (χ4v) is 1.79. The summed E-state index contributed by atoms with van der Waals surface area (Å²) in [6.45, 7) is 3.58. The number of benzene rings is 1. The van der Waals surface area contributed by atoms with Crippen molar-refractivity contribution in [3.05, 3.63) is 40.9 Å². The van der Waals surface area contributed by atoms with Crippen molar-refractivity contribution in [1.29, 1.82) is 0 Å². The number of hydrogen-bond donors (Lipinski definition) is 1. The second-order valence-corrected chi connectivity index (χ2v) is 5.56. The monoisotopic (exact) mass is 333 g/mol. The maximum Gasteiger partial charge on any atom is 0.437 e. The van der Waals surface area contributed by atoms with Crippen LogP contribution >= 0.6 is 0 Å². The lowest BCUT2D eigenvalue weighted by Gasteiger charge is -2.07. The Balaban J connectivity index is 1.89. The van der Waals surface area contributed by atoms with Crippen molar-refractivity contribution in [3.63, 3.8) is 0 Å². The highest BCUT2D eigenvalue weighted by atomic mass is 16.5. The Morgan fingerprint density at radius 3 is 2.67 bits per heavy atom. The molecule has 8 heteroatoms. The van der Waals surface area contributed by atoms with E-state index in [0.717, 1.165) is 4.68 Å². The molecule has 0 aliphatic carbocycles. The molecular weight excluding hydrogens is 314 g/mol. The van der Waals surface area contributed by atoms with Gasteiger partial charge in [0, 0.05) is 12.1 Å². The number of amides is 1. The van der Waals surface area contributed by atoms with Crippen molar-refractivity contribution in [3.8, 4) is 11.5 Å². The smallest absolute Gasteiger partial charge is 0.437 e. The molecule has 0 saturated carbocycles. The van der Waals surface area contributed by atoms with Gasteiger partial charge in [0.2, 0.25) is 5.89 Å². The molecule has 0 radical (unpaired) electrons. The van der Waals surface area contributed by atoms with Crippen molar-refractivity contribution in [1.82, 2.24) is 15.1 Å². The van der Waals surface area contributed by atoms with E-state index in [4.69, 9.17) is 9.15 Å². The molecule has 0 spiro atoms. The lowest BCUT2D eigenvalue weighted by Crippen LogP contribution is -2.32. The van der Waals surface area contributed by atoms with Crippen LogP contribution in [-0.4, -0.2) is 34.8 Å². The van der Waals surface area contributed by atoms with Crippen LogP contribution in [-0.2, 0) is 20.9 Å². The number of rotatable bonds is 7. The Kier molecular flexibility index (Phi) is 5.89. The van der Waals surface area contributed by atoms with Gasteiger partial charge in [0.1, 0.15) is 6.54 Å². The molecule has 0 bridgehead atoms. The van der Waals surface area contributed by atoms with Gasteiger partial charge >= 0.3 is 11.7 Å². The minimum atomic E-state index is -0.768. The second kappa shape index (κ2) is 8.09. The number of nitrogens with one attached hydrogen (secondary N) is 1. The molecule has 128 valence electrons. The Morgan fingerprint density at radius 1 is 1.29 bits per heavy atom. The molecule has 2 rings (SSSR count). The van der Waals surface area contributed by atoms with E-state index >= 15 is 0 Å². The minimum Gasteiger partial charge on any atom is -0.454 e. The quantitative estimate of drug-likeness (QED) is 0.752. The third-order valence-corrected chi connectivity index (χ3v) is 2.98. The van der Waals surface area contributed by atoms with Crippen LogP contribution in [0.5, 0.6) is 0 Å². The van der Waals surface area contributed by atoms with Crippen molar-refractivity contribution < 1.29 is 18.7 Å². The van der Waals surface area contributed by atoms with Crippen LogP contribution in [0, 0.1) is 5.92 Å². The summed E-state index contributed by atoms with van der Waals surface area (Å²) >= 11 is 0. The summed E-state index contributed by atoms with van der Waals surface area (Å²) in [4.78, 5) is 34.9. The second-order valence-electron chi connectivity index (χ2n) is 5.56. The largest absolute Gasteiger partial charge is 0.454 e. The van der Waals surface area contributed by atoms with E-state index in [1.165, 1.54) is 0 Å². The number of ether oxygens (including phenoxy) is 1. The Hall–Kier alpha value is -2.90. The van der Waals surface area contributed by atoms with E-state index in [0.29, 0.717) is 18.0 Å². The van der Waals surface area contributed by atoms with Crippen molar-refractivity contribution >= 4 is 11.9 Å². The maximum absolute atomic E-state index is 11.7. The van der Waals surface area contributed by atoms with Crippen LogP contribution in [0.3, 0.4) is 0 Å². The molecule has 0 atom stereocenters. The van der Waals surface area contributed by atoms with Gasteiger partial charge in [-0.3, -0.25) is 9.59 Å². The molecule has 0 fully saturated rings. The Morgan fingerprint density at radius 2 is 2.00 bits per heavy atom. The number of aromatic nitrogens is 2. The van der Waals surface area contributed by atoms with Crippen molar-refractivity contribution in [2.45, 2.75) is 20.4 Å². The molecule has 1 amide bonds. The van der Waals surface area contributed by atoms with Gasteiger partial charge in [-0.05, 0) is 18.1 Å². The van der Waals surface area contributed by atoms with Crippen LogP contribution in [0.1, 0.15) is 13.8 Å². The highest BCUT2D eigenvalue weighted by molar-refractivity contribution is 5.80. The van der Waals surface area contributed by atoms with Gasteiger partial charge in [-0.1, -0.05) is 32.0 Å². The predicted octanol–water partition coefficient (Wildman–Crippen LogP) is 0.819.